The molecule has 0 aliphatic heterocycles. The van der Waals surface area contributed by atoms with Crippen molar-refractivity contribution in [2.24, 2.45) is 0 Å². The Hall–Kier alpha value is -3.07. The number of anilines is 1. The van der Waals surface area contributed by atoms with Gasteiger partial charge in [0.05, 0.1) is 12.7 Å². The number of carbonyl (C=O) groups is 1. The van der Waals surface area contributed by atoms with Crippen LogP contribution in [-0.4, -0.2) is 13.1 Å². The largest absolute Gasteiger partial charge is 0.465 e. The number of hydrogen-bond donors (Lipinski definition) is 1. The molecule has 3 aromatic rings. The third-order valence-electron chi connectivity index (χ3n) is 4.43. The number of rotatable bonds is 7. The molecule has 0 fully saturated rings. The van der Waals surface area contributed by atoms with Crippen LogP contribution in [0.25, 0.3) is 0 Å². The van der Waals surface area contributed by atoms with Gasteiger partial charge in [-0.05, 0) is 53.8 Å². The number of nitrogens with one attached hydrogen (secondary N) is 1. The minimum absolute atomic E-state index is 0.317. The molecule has 0 amide bonds. The molecular weight excluding hydrogens is 322 g/mol. The normalized spacial score (nSPS) is 10.3. The second kappa shape index (κ2) is 8.86. The average molecular weight is 345 g/mol. The first kappa shape index (κ1) is 17.7. The van der Waals surface area contributed by atoms with Crippen LogP contribution in [0.5, 0.6) is 0 Å². The fraction of sp³-hybridized carbons (Fsp3) is 0.174. The van der Waals surface area contributed by atoms with E-state index in [0.29, 0.717) is 5.56 Å². The van der Waals surface area contributed by atoms with Gasteiger partial charge < -0.3 is 10.1 Å². The van der Waals surface area contributed by atoms with Crippen LogP contribution >= 0.6 is 0 Å². The van der Waals surface area contributed by atoms with Gasteiger partial charge in [-0.25, -0.2) is 4.79 Å². The van der Waals surface area contributed by atoms with Gasteiger partial charge in [0, 0.05) is 12.2 Å². The van der Waals surface area contributed by atoms with Crippen molar-refractivity contribution in [3.63, 3.8) is 0 Å². The molecule has 1 N–H and O–H groups in total. The smallest absolute Gasteiger partial charge is 0.337 e. The van der Waals surface area contributed by atoms with Gasteiger partial charge in [-0.1, -0.05) is 54.6 Å². The second-order valence-electron chi connectivity index (χ2n) is 6.18. The molecule has 3 heteroatoms. The summed E-state index contributed by atoms with van der Waals surface area (Å²) in [4.78, 5) is 11.5. The number of benzene rings is 3. The molecule has 0 aromatic heterocycles. The van der Waals surface area contributed by atoms with Gasteiger partial charge in [0.25, 0.3) is 0 Å². The van der Waals surface area contributed by atoms with Gasteiger partial charge in [-0.3, -0.25) is 0 Å². The van der Waals surface area contributed by atoms with E-state index in [0.717, 1.165) is 25.1 Å². The van der Waals surface area contributed by atoms with Gasteiger partial charge in [0.15, 0.2) is 0 Å². The molecule has 0 heterocycles. The van der Waals surface area contributed by atoms with Gasteiger partial charge >= 0.3 is 5.97 Å². The Morgan fingerprint density at radius 1 is 0.808 bits per heavy atom. The lowest BCUT2D eigenvalue weighted by atomic mass is 9.99. The van der Waals surface area contributed by atoms with E-state index < -0.39 is 0 Å². The summed E-state index contributed by atoms with van der Waals surface area (Å²) in [6, 6.07) is 26.4. The van der Waals surface area contributed by atoms with Crippen molar-refractivity contribution in [3.8, 4) is 0 Å². The molecule has 0 aliphatic rings. The maximum atomic E-state index is 11.5. The first-order chi connectivity index (χ1) is 12.8. The van der Waals surface area contributed by atoms with E-state index in [1.807, 2.05) is 18.2 Å². The van der Waals surface area contributed by atoms with E-state index >= 15 is 0 Å². The Kier molecular flexibility index (Phi) is 6.05. The van der Waals surface area contributed by atoms with Crippen molar-refractivity contribution < 1.29 is 9.53 Å². The van der Waals surface area contributed by atoms with Crippen LogP contribution < -0.4 is 5.32 Å². The number of aryl methyl sites for hydroxylation is 2. The minimum Gasteiger partial charge on any atom is -0.465 e. The van der Waals surface area contributed by atoms with Gasteiger partial charge in [-0.15, -0.1) is 0 Å². The molecule has 3 rings (SSSR count). The van der Waals surface area contributed by atoms with Crippen LogP contribution in [0.15, 0.2) is 78.9 Å². The maximum absolute atomic E-state index is 11.5. The molecule has 0 saturated heterocycles. The predicted octanol–water partition coefficient (Wildman–Crippen LogP) is 4.87. The number of ether oxygens (including phenoxy) is 1. The summed E-state index contributed by atoms with van der Waals surface area (Å²) in [5, 5.41) is 3.43. The summed E-state index contributed by atoms with van der Waals surface area (Å²) in [5.41, 5.74) is 5.54. The van der Waals surface area contributed by atoms with Crippen LogP contribution in [0.1, 0.15) is 27.0 Å². The van der Waals surface area contributed by atoms with Crippen LogP contribution in [0.2, 0.25) is 0 Å². The zero-order valence-corrected chi connectivity index (χ0v) is 14.9. The summed E-state index contributed by atoms with van der Waals surface area (Å²) >= 11 is 0. The highest BCUT2D eigenvalue weighted by atomic mass is 16.5. The SMILES string of the molecule is COC(=O)c1ccc(NCc2ccccc2CCc2ccccc2)cc1. The molecule has 0 saturated carbocycles. The Labute approximate surface area is 154 Å². The number of esters is 1. The van der Waals surface area contributed by atoms with Crippen LogP contribution in [0.3, 0.4) is 0 Å². The van der Waals surface area contributed by atoms with Gasteiger partial charge in [-0.2, -0.15) is 0 Å². The summed E-state index contributed by atoms with van der Waals surface area (Å²) in [6.07, 6.45) is 2.05. The zero-order valence-electron chi connectivity index (χ0n) is 14.9. The summed E-state index contributed by atoms with van der Waals surface area (Å²) in [7, 11) is 1.39. The minimum atomic E-state index is -0.317. The van der Waals surface area contributed by atoms with Crippen LogP contribution in [0, 0.1) is 0 Å². The summed E-state index contributed by atoms with van der Waals surface area (Å²) < 4.78 is 4.73. The van der Waals surface area contributed by atoms with E-state index in [-0.39, 0.29) is 5.97 Å². The van der Waals surface area contributed by atoms with Crippen molar-refractivity contribution in [1.29, 1.82) is 0 Å². The molecule has 0 bridgehead atoms. The monoisotopic (exact) mass is 345 g/mol. The zero-order chi connectivity index (χ0) is 18.2. The van der Waals surface area contributed by atoms with Crippen molar-refractivity contribution >= 4 is 11.7 Å². The Morgan fingerprint density at radius 3 is 2.15 bits per heavy atom. The molecule has 0 aliphatic carbocycles. The molecule has 132 valence electrons. The lowest BCUT2D eigenvalue weighted by molar-refractivity contribution is 0.0601. The van der Waals surface area contributed by atoms with Crippen LogP contribution in [-0.2, 0) is 24.1 Å². The maximum Gasteiger partial charge on any atom is 0.337 e. The topological polar surface area (TPSA) is 38.3 Å². The lowest BCUT2D eigenvalue weighted by Gasteiger charge is -2.12. The summed E-state index contributed by atoms with van der Waals surface area (Å²) in [6.45, 7) is 0.753. The molecule has 26 heavy (non-hydrogen) atoms. The highest BCUT2D eigenvalue weighted by Gasteiger charge is 2.05. The predicted molar refractivity (Wildman–Crippen MR) is 105 cm³/mol. The third kappa shape index (κ3) is 4.73. The van der Waals surface area contributed by atoms with Crippen LogP contribution in [0.4, 0.5) is 5.69 Å². The number of hydrogen-bond acceptors (Lipinski definition) is 3. The molecule has 0 atom stereocenters. The van der Waals surface area contributed by atoms with Crippen molar-refractivity contribution in [2.75, 3.05) is 12.4 Å². The highest BCUT2D eigenvalue weighted by Crippen LogP contribution is 2.16. The first-order valence-electron chi connectivity index (χ1n) is 8.79. The van der Waals surface area contributed by atoms with E-state index in [1.165, 1.54) is 23.8 Å². The van der Waals surface area contributed by atoms with E-state index in [2.05, 4.69) is 53.8 Å². The van der Waals surface area contributed by atoms with Crippen molar-refractivity contribution in [1.82, 2.24) is 0 Å². The van der Waals surface area contributed by atoms with Crippen molar-refractivity contribution in [2.45, 2.75) is 19.4 Å². The van der Waals surface area contributed by atoms with E-state index in [9.17, 15) is 4.79 Å². The van der Waals surface area contributed by atoms with E-state index in [1.54, 1.807) is 12.1 Å². The Morgan fingerprint density at radius 2 is 1.46 bits per heavy atom. The lowest BCUT2D eigenvalue weighted by Crippen LogP contribution is -2.05. The Bertz CT molecular complexity index is 842. The molecule has 0 radical (unpaired) electrons. The molecule has 3 aromatic carbocycles. The highest BCUT2D eigenvalue weighted by molar-refractivity contribution is 5.89. The van der Waals surface area contributed by atoms with Gasteiger partial charge in [0.2, 0.25) is 0 Å². The first-order valence-corrected chi connectivity index (χ1v) is 8.79. The standard InChI is InChI=1S/C23H23NO2/c1-26-23(25)20-13-15-22(16-14-20)24-17-21-10-6-5-9-19(21)12-11-18-7-3-2-4-8-18/h2-10,13-16,24H,11-12,17H2,1H3. The third-order valence-corrected chi connectivity index (χ3v) is 4.43. The fourth-order valence-corrected chi connectivity index (χ4v) is 2.94. The number of carbonyl (C=O) groups excluding carboxylic acids is 1. The molecule has 0 unspecified atom stereocenters. The average Bonchev–Trinajstić information content (AvgIpc) is 2.72. The molecule has 3 nitrogen and oxygen atoms in total. The summed E-state index contributed by atoms with van der Waals surface area (Å²) in [5.74, 6) is -0.317. The van der Waals surface area contributed by atoms with E-state index in [4.69, 9.17) is 4.74 Å². The molecular formula is C23H23NO2. The molecule has 0 spiro atoms. The van der Waals surface area contributed by atoms with Gasteiger partial charge in [0.1, 0.15) is 0 Å². The Balaban J connectivity index is 1.62. The number of methoxy groups -OCH3 is 1. The quantitative estimate of drug-likeness (QED) is 0.621. The second-order valence-corrected chi connectivity index (χ2v) is 6.18. The van der Waals surface area contributed by atoms with Crippen molar-refractivity contribution in [3.05, 3.63) is 101 Å². The fourth-order valence-electron chi connectivity index (χ4n) is 2.94.